The van der Waals surface area contributed by atoms with Gasteiger partial charge in [0.2, 0.25) is 6.79 Å². The summed E-state index contributed by atoms with van der Waals surface area (Å²) in [6.07, 6.45) is 1.80. The number of carbonyl (C=O) groups is 1. The van der Waals surface area contributed by atoms with Gasteiger partial charge in [0.25, 0.3) is 5.56 Å². The largest absolute Gasteiger partial charge is 0.493 e. The highest BCUT2D eigenvalue weighted by Gasteiger charge is 2.34. The Kier molecular flexibility index (Phi) is 6.17. The Bertz CT molecular complexity index is 1520. The number of allylic oxidation sites excluding steroid dienone is 1. The van der Waals surface area contributed by atoms with Gasteiger partial charge < -0.3 is 18.9 Å². The van der Waals surface area contributed by atoms with E-state index in [0.717, 1.165) is 5.56 Å². The van der Waals surface area contributed by atoms with Gasteiger partial charge in [-0.25, -0.2) is 9.79 Å². The van der Waals surface area contributed by atoms with Crippen LogP contribution in [-0.4, -0.2) is 30.5 Å². The van der Waals surface area contributed by atoms with Crippen LogP contribution in [0.4, 0.5) is 0 Å². The SMILES string of the molecule is CCOC(=O)C1=C(C)N=c2s/c(=C\c3ccccc3OCC)c(=O)n2[C@@H]1c1ccc2c(c1)OCO2. The minimum absolute atomic E-state index is 0.125. The van der Waals surface area contributed by atoms with Crippen LogP contribution in [0.15, 0.2) is 63.5 Å². The molecule has 0 radical (unpaired) electrons. The molecule has 3 aromatic rings. The lowest BCUT2D eigenvalue weighted by molar-refractivity contribution is -0.139. The van der Waals surface area contributed by atoms with Crippen LogP contribution in [0.2, 0.25) is 0 Å². The van der Waals surface area contributed by atoms with Crippen molar-refractivity contribution in [3.05, 3.63) is 84.5 Å². The summed E-state index contributed by atoms with van der Waals surface area (Å²) < 4.78 is 24.1. The van der Waals surface area contributed by atoms with Gasteiger partial charge in [-0.05, 0) is 50.6 Å². The fraction of sp³-hybridized carbons (Fsp3) is 0.269. The number of thiazole rings is 1. The molecule has 5 rings (SSSR count). The van der Waals surface area contributed by atoms with Gasteiger partial charge in [-0.2, -0.15) is 0 Å². The van der Waals surface area contributed by atoms with Crippen molar-refractivity contribution in [2.75, 3.05) is 20.0 Å². The molecule has 1 atom stereocenters. The van der Waals surface area contributed by atoms with E-state index >= 15 is 0 Å². The number of aromatic nitrogens is 1. The number of fused-ring (bicyclic) bond motifs is 2. The molecule has 0 bridgehead atoms. The first-order chi connectivity index (χ1) is 17.0. The molecule has 2 aliphatic rings. The summed E-state index contributed by atoms with van der Waals surface area (Å²) in [5, 5.41) is 0. The average Bonchev–Trinajstić information content (AvgIpc) is 3.43. The van der Waals surface area contributed by atoms with E-state index in [1.165, 1.54) is 11.3 Å². The van der Waals surface area contributed by atoms with Gasteiger partial charge in [0, 0.05) is 5.56 Å². The zero-order chi connectivity index (χ0) is 24.5. The van der Waals surface area contributed by atoms with Crippen molar-refractivity contribution in [3.8, 4) is 17.2 Å². The van der Waals surface area contributed by atoms with Gasteiger partial charge >= 0.3 is 5.97 Å². The molecule has 0 unspecified atom stereocenters. The van der Waals surface area contributed by atoms with E-state index in [4.69, 9.17) is 18.9 Å². The van der Waals surface area contributed by atoms with Crippen LogP contribution in [0.1, 0.15) is 37.9 Å². The lowest BCUT2D eigenvalue weighted by Gasteiger charge is -2.24. The molecule has 3 heterocycles. The minimum Gasteiger partial charge on any atom is -0.493 e. The number of ether oxygens (including phenoxy) is 4. The Balaban J connectivity index is 1.72. The lowest BCUT2D eigenvalue weighted by atomic mass is 9.95. The smallest absolute Gasteiger partial charge is 0.338 e. The van der Waals surface area contributed by atoms with Crippen molar-refractivity contribution in [1.82, 2.24) is 4.57 Å². The molecular weight excluding hydrogens is 468 g/mol. The molecule has 1 aromatic heterocycles. The van der Waals surface area contributed by atoms with E-state index in [1.807, 2.05) is 37.3 Å². The third kappa shape index (κ3) is 4.12. The average molecular weight is 493 g/mol. The highest BCUT2D eigenvalue weighted by molar-refractivity contribution is 7.07. The van der Waals surface area contributed by atoms with Gasteiger partial charge in [0.05, 0.1) is 35.1 Å². The highest BCUT2D eigenvalue weighted by Crippen LogP contribution is 2.38. The lowest BCUT2D eigenvalue weighted by Crippen LogP contribution is -2.39. The Morgan fingerprint density at radius 1 is 1.17 bits per heavy atom. The van der Waals surface area contributed by atoms with E-state index in [1.54, 1.807) is 36.6 Å². The number of rotatable bonds is 6. The Morgan fingerprint density at radius 3 is 2.77 bits per heavy atom. The van der Waals surface area contributed by atoms with Crippen molar-refractivity contribution in [1.29, 1.82) is 0 Å². The van der Waals surface area contributed by atoms with Crippen LogP contribution in [0, 0.1) is 0 Å². The van der Waals surface area contributed by atoms with Gasteiger partial charge in [0.1, 0.15) is 5.75 Å². The predicted octanol–water partition coefficient (Wildman–Crippen LogP) is 2.93. The molecule has 2 aliphatic heterocycles. The summed E-state index contributed by atoms with van der Waals surface area (Å²) in [7, 11) is 0. The second-order valence-corrected chi connectivity index (χ2v) is 8.89. The monoisotopic (exact) mass is 492 g/mol. The molecule has 2 aromatic carbocycles. The number of para-hydroxylation sites is 1. The Labute approximate surface area is 205 Å². The van der Waals surface area contributed by atoms with E-state index in [2.05, 4.69) is 4.99 Å². The summed E-state index contributed by atoms with van der Waals surface area (Å²) in [5.41, 5.74) is 2.07. The van der Waals surface area contributed by atoms with E-state index in [0.29, 0.717) is 50.0 Å². The van der Waals surface area contributed by atoms with Gasteiger partial charge in [-0.3, -0.25) is 9.36 Å². The van der Waals surface area contributed by atoms with E-state index < -0.39 is 12.0 Å². The summed E-state index contributed by atoms with van der Waals surface area (Å²) in [6.45, 7) is 6.26. The molecule has 35 heavy (non-hydrogen) atoms. The van der Waals surface area contributed by atoms with Crippen LogP contribution in [0.25, 0.3) is 6.08 Å². The van der Waals surface area contributed by atoms with E-state index in [-0.39, 0.29) is 19.0 Å². The minimum atomic E-state index is -0.718. The van der Waals surface area contributed by atoms with Crippen LogP contribution < -0.4 is 29.1 Å². The number of nitrogens with zero attached hydrogens (tertiary/aromatic N) is 2. The molecule has 0 saturated carbocycles. The second kappa shape index (κ2) is 9.42. The van der Waals surface area contributed by atoms with Gasteiger partial charge in [0.15, 0.2) is 16.3 Å². The Hall–Kier alpha value is -3.85. The first-order valence-corrected chi connectivity index (χ1v) is 12.1. The summed E-state index contributed by atoms with van der Waals surface area (Å²) in [4.78, 5) is 31.9. The van der Waals surface area contributed by atoms with Crippen LogP contribution in [-0.2, 0) is 9.53 Å². The first-order valence-electron chi connectivity index (χ1n) is 11.3. The second-order valence-electron chi connectivity index (χ2n) is 7.89. The molecule has 0 fully saturated rings. The Morgan fingerprint density at radius 2 is 1.97 bits per heavy atom. The first kappa shape index (κ1) is 22.9. The summed E-state index contributed by atoms with van der Waals surface area (Å²) in [6, 6.07) is 12.2. The predicted molar refractivity (Wildman–Crippen MR) is 131 cm³/mol. The summed E-state index contributed by atoms with van der Waals surface area (Å²) >= 11 is 1.27. The third-order valence-corrected chi connectivity index (χ3v) is 6.72. The zero-order valence-electron chi connectivity index (χ0n) is 19.6. The molecule has 9 heteroatoms. The molecule has 0 spiro atoms. The van der Waals surface area contributed by atoms with Gasteiger partial charge in [-0.1, -0.05) is 35.6 Å². The number of benzene rings is 2. The van der Waals surface area contributed by atoms with Gasteiger partial charge in [-0.15, -0.1) is 0 Å². The highest BCUT2D eigenvalue weighted by atomic mass is 32.1. The number of hydrogen-bond donors (Lipinski definition) is 0. The molecule has 180 valence electrons. The normalized spacial score (nSPS) is 16.7. The fourth-order valence-corrected chi connectivity index (χ4v) is 5.26. The van der Waals surface area contributed by atoms with E-state index in [9.17, 15) is 9.59 Å². The van der Waals surface area contributed by atoms with Crippen LogP contribution in [0.3, 0.4) is 0 Å². The molecule has 0 N–H and O–H groups in total. The quantitative estimate of drug-likeness (QED) is 0.492. The zero-order valence-corrected chi connectivity index (χ0v) is 20.4. The number of carbonyl (C=O) groups excluding carboxylic acids is 1. The summed E-state index contributed by atoms with van der Waals surface area (Å²) in [5.74, 6) is 1.36. The van der Waals surface area contributed by atoms with Crippen molar-refractivity contribution in [2.45, 2.75) is 26.8 Å². The number of esters is 1. The van der Waals surface area contributed by atoms with Crippen molar-refractivity contribution < 1.29 is 23.7 Å². The molecule has 0 amide bonds. The standard InChI is InChI=1S/C26H24N2O6S/c1-4-31-18-9-7-6-8-16(18)13-21-24(29)28-23(17-10-11-19-20(12-17)34-14-33-19)22(25(30)32-5-2)15(3)27-26(28)35-21/h6-13,23H,4-5,14H2,1-3H3/b21-13-/t23-/m1/s1. The number of hydrogen-bond acceptors (Lipinski definition) is 8. The van der Waals surface area contributed by atoms with Crippen molar-refractivity contribution in [2.24, 2.45) is 4.99 Å². The molecular formula is C26H24N2O6S. The molecule has 0 saturated heterocycles. The van der Waals surface area contributed by atoms with Crippen molar-refractivity contribution in [3.63, 3.8) is 0 Å². The maximum absolute atomic E-state index is 13.7. The van der Waals surface area contributed by atoms with Crippen LogP contribution in [0.5, 0.6) is 17.2 Å². The molecule has 0 aliphatic carbocycles. The fourth-order valence-electron chi connectivity index (χ4n) is 4.22. The van der Waals surface area contributed by atoms with Crippen molar-refractivity contribution >= 4 is 23.4 Å². The molecule has 8 nitrogen and oxygen atoms in total. The van der Waals surface area contributed by atoms with Crippen LogP contribution >= 0.6 is 11.3 Å². The maximum Gasteiger partial charge on any atom is 0.338 e. The topological polar surface area (TPSA) is 88.4 Å². The maximum atomic E-state index is 13.7. The third-order valence-electron chi connectivity index (χ3n) is 5.73.